The van der Waals surface area contributed by atoms with Gasteiger partial charge in [-0.1, -0.05) is 36.6 Å². The minimum atomic E-state index is -5.08. The molecule has 1 spiro atoms. The highest BCUT2D eigenvalue weighted by Gasteiger charge is 2.59. The Morgan fingerprint density at radius 1 is 1.08 bits per heavy atom. The predicted octanol–water partition coefficient (Wildman–Crippen LogP) is 4.23. The van der Waals surface area contributed by atoms with Crippen molar-refractivity contribution in [1.82, 2.24) is 15.1 Å². The van der Waals surface area contributed by atoms with Crippen LogP contribution in [0.15, 0.2) is 24.3 Å². The zero-order valence-electron chi connectivity index (χ0n) is 21.8. The summed E-state index contributed by atoms with van der Waals surface area (Å²) in [5, 5.41) is 11.2. The van der Waals surface area contributed by atoms with Crippen molar-refractivity contribution >= 4 is 29.4 Å². The van der Waals surface area contributed by atoms with Gasteiger partial charge in [-0.05, 0) is 62.1 Å². The Balaban J connectivity index is 0.000000392. The average molecular weight is 570 g/mol. The number of alkyl halides is 3. The quantitative estimate of drug-likeness (QED) is 0.566. The maximum absolute atomic E-state index is 13.5. The number of carbonyl (C=O) groups excluding carboxylic acids is 2. The van der Waals surface area contributed by atoms with Crippen molar-refractivity contribution in [2.45, 2.75) is 68.5 Å². The van der Waals surface area contributed by atoms with E-state index in [0.29, 0.717) is 10.9 Å². The van der Waals surface area contributed by atoms with Crippen LogP contribution in [0.25, 0.3) is 0 Å². The molecule has 2 N–H and O–H groups in total. The summed E-state index contributed by atoms with van der Waals surface area (Å²) in [6.07, 6.45) is 3.95. The molecule has 3 saturated heterocycles. The molecule has 0 radical (unpaired) electrons. The lowest BCUT2D eigenvalue weighted by Gasteiger charge is -2.43. The molecule has 5 fully saturated rings. The van der Waals surface area contributed by atoms with Gasteiger partial charge in [-0.2, -0.15) is 13.2 Å². The van der Waals surface area contributed by atoms with Gasteiger partial charge in [0.05, 0.1) is 11.3 Å². The summed E-state index contributed by atoms with van der Waals surface area (Å²) in [6, 6.07) is 7.81. The van der Waals surface area contributed by atoms with Gasteiger partial charge in [0.2, 0.25) is 11.8 Å². The second-order valence-electron chi connectivity index (χ2n) is 11.9. The molecule has 3 aliphatic heterocycles. The SMILES string of the molecule is O=C(O)C(F)(F)F.O=C1NC2(CCN(C(=O)C3(c4cccc(Cl)c4)CC3)CC2)[C@H]2CN(CC3CCCC3)C[C@@H]12. The van der Waals surface area contributed by atoms with E-state index in [-0.39, 0.29) is 28.7 Å². The third-order valence-electron chi connectivity index (χ3n) is 9.53. The Labute approximate surface area is 231 Å². The first-order valence-corrected chi connectivity index (χ1v) is 14.2. The summed E-state index contributed by atoms with van der Waals surface area (Å²) in [5.41, 5.74) is 0.570. The number of benzene rings is 1. The normalized spacial score (nSPS) is 27.6. The fourth-order valence-electron chi connectivity index (χ4n) is 7.29. The summed E-state index contributed by atoms with van der Waals surface area (Å²) in [7, 11) is 0. The van der Waals surface area contributed by atoms with Gasteiger partial charge in [0.25, 0.3) is 0 Å². The van der Waals surface area contributed by atoms with Gasteiger partial charge < -0.3 is 20.2 Å². The third-order valence-corrected chi connectivity index (χ3v) is 9.76. The molecule has 2 atom stereocenters. The molecule has 2 amide bonds. The minimum Gasteiger partial charge on any atom is -0.475 e. The van der Waals surface area contributed by atoms with E-state index in [1.165, 1.54) is 32.2 Å². The largest absolute Gasteiger partial charge is 0.490 e. The second-order valence-corrected chi connectivity index (χ2v) is 12.4. The van der Waals surface area contributed by atoms with Crippen molar-refractivity contribution in [3.8, 4) is 0 Å². The van der Waals surface area contributed by atoms with Crippen LogP contribution in [0.2, 0.25) is 5.02 Å². The van der Waals surface area contributed by atoms with Crippen LogP contribution in [0.3, 0.4) is 0 Å². The standard InChI is InChI=1S/C26H34ClN3O2.C2HF3O2/c27-20-7-3-6-19(14-20)25(8-9-25)24(32)30-12-10-26(11-13-30)22-17-29(15-18-4-1-2-5-18)16-21(22)23(31)28-26;3-2(4,5)1(6)7/h3,6-7,14,18,21-22H,1-2,4-5,8-13,15-17H2,(H,28,31);(H,6,7)/t21-,22+;/m1./s1. The number of fused-ring (bicyclic) bond motifs is 2. The predicted molar refractivity (Wildman–Crippen MR) is 138 cm³/mol. The van der Waals surface area contributed by atoms with E-state index in [9.17, 15) is 22.8 Å². The average Bonchev–Trinajstić information content (AvgIpc) is 3.20. The highest BCUT2D eigenvalue weighted by atomic mass is 35.5. The van der Waals surface area contributed by atoms with Crippen molar-refractivity contribution in [2.75, 3.05) is 32.7 Å². The zero-order chi connectivity index (χ0) is 28.0. The molecule has 5 aliphatic rings. The summed E-state index contributed by atoms with van der Waals surface area (Å²) < 4.78 is 31.7. The van der Waals surface area contributed by atoms with E-state index in [1.807, 2.05) is 24.3 Å². The van der Waals surface area contributed by atoms with Crippen molar-refractivity contribution in [3.05, 3.63) is 34.9 Å². The fraction of sp³-hybridized carbons (Fsp3) is 0.679. The molecular formula is C28H35ClF3N3O4. The van der Waals surface area contributed by atoms with Crippen molar-refractivity contribution in [2.24, 2.45) is 17.8 Å². The smallest absolute Gasteiger partial charge is 0.475 e. The van der Waals surface area contributed by atoms with Crippen molar-refractivity contribution < 1.29 is 32.7 Å². The number of rotatable bonds is 4. The highest BCUT2D eigenvalue weighted by Crippen LogP contribution is 2.51. The zero-order valence-corrected chi connectivity index (χ0v) is 22.6. The molecule has 39 heavy (non-hydrogen) atoms. The molecule has 3 heterocycles. The summed E-state index contributed by atoms with van der Waals surface area (Å²) >= 11 is 6.21. The molecule has 7 nitrogen and oxygen atoms in total. The van der Waals surface area contributed by atoms with Gasteiger partial charge in [-0.15, -0.1) is 0 Å². The van der Waals surface area contributed by atoms with Gasteiger partial charge in [0.15, 0.2) is 0 Å². The lowest BCUT2D eigenvalue weighted by atomic mass is 9.75. The maximum Gasteiger partial charge on any atom is 0.490 e. The van der Waals surface area contributed by atoms with Gasteiger partial charge in [-0.25, -0.2) is 4.79 Å². The van der Waals surface area contributed by atoms with Gasteiger partial charge in [-0.3, -0.25) is 9.59 Å². The topological polar surface area (TPSA) is 89.9 Å². The maximum atomic E-state index is 13.5. The number of carboxylic acids is 1. The van der Waals surface area contributed by atoms with Gasteiger partial charge in [0, 0.05) is 49.2 Å². The second kappa shape index (κ2) is 10.6. The van der Waals surface area contributed by atoms with E-state index in [1.54, 1.807) is 0 Å². The number of hydrogen-bond acceptors (Lipinski definition) is 4. The van der Waals surface area contributed by atoms with Crippen LogP contribution in [0.5, 0.6) is 0 Å². The molecule has 0 bridgehead atoms. The number of piperidine rings is 1. The Kier molecular flexibility index (Phi) is 7.65. The lowest BCUT2D eigenvalue weighted by Crippen LogP contribution is -2.57. The van der Waals surface area contributed by atoms with E-state index in [0.717, 1.165) is 63.3 Å². The molecule has 214 valence electrons. The molecule has 2 saturated carbocycles. The Morgan fingerprint density at radius 3 is 2.28 bits per heavy atom. The van der Waals surface area contributed by atoms with Gasteiger partial charge >= 0.3 is 12.1 Å². The van der Waals surface area contributed by atoms with E-state index >= 15 is 0 Å². The number of aliphatic carboxylic acids is 1. The molecule has 1 aromatic carbocycles. The van der Waals surface area contributed by atoms with Crippen LogP contribution in [0.1, 0.15) is 56.9 Å². The summed E-state index contributed by atoms with van der Waals surface area (Å²) in [5.74, 6) is -0.886. The Bertz CT molecular complexity index is 1110. The molecule has 11 heteroatoms. The Hall–Kier alpha value is -2.33. The van der Waals surface area contributed by atoms with E-state index in [2.05, 4.69) is 15.1 Å². The van der Waals surface area contributed by atoms with E-state index < -0.39 is 12.1 Å². The van der Waals surface area contributed by atoms with Crippen molar-refractivity contribution in [1.29, 1.82) is 0 Å². The highest BCUT2D eigenvalue weighted by molar-refractivity contribution is 6.30. The van der Waals surface area contributed by atoms with Crippen LogP contribution in [-0.4, -0.2) is 77.1 Å². The van der Waals surface area contributed by atoms with Crippen LogP contribution < -0.4 is 5.32 Å². The number of nitrogens with zero attached hydrogens (tertiary/aromatic N) is 2. The molecule has 0 unspecified atom stereocenters. The Morgan fingerprint density at radius 2 is 1.72 bits per heavy atom. The molecular weight excluding hydrogens is 535 g/mol. The summed E-state index contributed by atoms with van der Waals surface area (Å²) in [4.78, 5) is 39.9. The van der Waals surface area contributed by atoms with Crippen LogP contribution >= 0.6 is 11.6 Å². The number of hydrogen-bond donors (Lipinski definition) is 2. The number of carbonyl (C=O) groups is 3. The molecule has 1 aromatic rings. The first-order chi connectivity index (χ1) is 18.4. The first-order valence-electron chi connectivity index (χ1n) is 13.8. The first kappa shape index (κ1) is 28.2. The molecule has 0 aromatic heterocycles. The number of amides is 2. The van der Waals surface area contributed by atoms with Gasteiger partial charge in [0.1, 0.15) is 0 Å². The number of likely N-dealkylation sites (tertiary alicyclic amines) is 2. The molecule has 6 rings (SSSR count). The summed E-state index contributed by atoms with van der Waals surface area (Å²) in [6.45, 7) is 4.62. The van der Waals surface area contributed by atoms with Crippen molar-refractivity contribution in [3.63, 3.8) is 0 Å². The number of halogens is 4. The minimum absolute atomic E-state index is 0.115. The monoisotopic (exact) mass is 569 g/mol. The third kappa shape index (κ3) is 5.64. The lowest BCUT2D eigenvalue weighted by molar-refractivity contribution is -0.192. The number of carboxylic acid groups (broad SMARTS) is 1. The van der Waals surface area contributed by atoms with Crippen LogP contribution in [-0.2, 0) is 19.8 Å². The fourth-order valence-corrected chi connectivity index (χ4v) is 7.48. The van der Waals surface area contributed by atoms with Crippen LogP contribution in [0.4, 0.5) is 13.2 Å². The van der Waals surface area contributed by atoms with E-state index in [4.69, 9.17) is 21.5 Å². The number of nitrogens with one attached hydrogen (secondary N) is 1. The van der Waals surface area contributed by atoms with Crippen LogP contribution in [0, 0.1) is 17.8 Å². The molecule has 2 aliphatic carbocycles.